The van der Waals surface area contributed by atoms with Gasteiger partial charge in [0.05, 0.1) is 0 Å². The van der Waals surface area contributed by atoms with Crippen LogP contribution in [0.4, 0.5) is 0 Å². The number of ketones is 1. The maximum atomic E-state index is 11.3. The zero-order valence-electron chi connectivity index (χ0n) is 7.53. The standard InChI is InChI=1S/C10H13NO2/c1-3-5-8-7-11(6-4-2)10(13)9(8)12/h3-4,8H,1-2,5-7H2. The number of allylic oxidation sites excluding steroid dienone is 1. The molecule has 0 aliphatic carbocycles. The number of Topliss-reactive ketones (excluding diaryl/α,β-unsaturated/α-hetero) is 1. The summed E-state index contributed by atoms with van der Waals surface area (Å²) in [7, 11) is 0. The topological polar surface area (TPSA) is 37.4 Å². The van der Waals surface area contributed by atoms with Gasteiger partial charge in [0, 0.05) is 19.0 Å². The Kier molecular flexibility index (Phi) is 3.01. The number of hydrogen-bond acceptors (Lipinski definition) is 2. The van der Waals surface area contributed by atoms with Crippen molar-refractivity contribution in [2.75, 3.05) is 13.1 Å². The Morgan fingerprint density at radius 3 is 2.62 bits per heavy atom. The van der Waals surface area contributed by atoms with Gasteiger partial charge in [-0.15, -0.1) is 13.2 Å². The average molecular weight is 179 g/mol. The molecule has 1 rings (SSSR count). The van der Waals surface area contributed by atoms with E-state index in [1.807, 2.05) is 0 Å². The molecule has 0 aromatic rings. The molecule has 0 aromatic carbocycles. The molecule has 0 spiro atoms. The molecule has 3 heteroatoms. The van der Waals surface area contributed by atoms with Crippen molar-refractivity contribution < 1.29 is 9.59 Å². The lowest BCUT2D eigenvalue weighted by Gasteiger charge is -2.11. The molecule has 0 saturated carbocycles. The van der Waals surface area contributed by atoms with Crippen molar-refractivity contribution >= 4 is 11.7 Å². The van der Waals surface area contributed by atoms with Gasteiger partial charge in [-0.2, -0.15) is 0 Å². The molecule has 1 atom stereocenters. The fraction of sp³-hybridized carbons (Fsp3) is 0.400. The SMILES string of the molecule is C=CCC1CN(CC=C)C(=O)C1=O. The lowest BCUT2D eigenvalue weighted by atomic mass is 10.0. The third-order valence-corrected chi connectivity index (χ3v) is 2.11. The normalized spacial score (nSPS) is 22.2. The van der Waals surface area contributed by atoms with Crippen LogP contribution >= 0.6 is 0 Å². The van der Waals surface area contributed by atoms with Gasteiger partial charge in [-0.05, 0) is 6.42 Å². The predicted molar refractivity (Wildman–Crippen MR) is 50.1 cm³/mol. The number of hydrogen-bond donors (Lipinski definition) is 0. The molecule has 1 fully saturated rings. The zero-order valence-corrected chi connectivity index (χ0v) is 7.53. The maximum absolute atomic E-state index is 11.3. The van der Waals surface area contributed by atoms with E-state index in [9.17, 15) is 9.59 Å². The van der Waals surface area contributed by atoms with Crippen LogP contribution in [0.15, 0.2) is 25.3 Å². The minimum Gasteiger partial charge on any atom is -0.332 e. The number of nitrogens with zero attached hydrogens (tertiary/aromatic N) is 1. The molecule has 1 saturated heterocycles. The molecule has 1 aliphatic heterocycles. The Morgan fingerprint density at radius 1 is 1.38 bits per heavy atom. The molecule has 1 heterocycles. The molecule has 1 unspecified atom stereocenters. The summed E-state index contributed by atoms with van der Waals surface area (Å²) < 4.78 is 0. The van der Waals surface area contributed by atoms with E-state index in [1.54, 1.807) is 12.2 Å². The summed E-state index contributed by atoms with van der Waals surface area (Å²) in [5.74, 6) is -0.863. The summed E-state index contributed by atoms with van der Waals surface area (Å²) in [6, 6.07) is 0. The van der Waals surface area contributed by atoms with Gasteiger partial charge in [0.1, 0.15) is 0 Å². The van der Waals surface area contributed by atoms with Crippen LogP contribution in [0.5, 0.6) is 0 Å². The fourth-order valence-corrected chi connectivity index (χ4v) is 1.46. The quantitative estimate of drug-likeness (QED) is 0.472. The molecule has 0 N–H and O–H groups in total. The van der Waals surface area contributed by atoms with Gasteiger partial charge in [-0.1, -0.05) is 12.2 Å². The van der Waals surface area contributed by atoms with Crippen molar-refractivity contribution in [1.29, 1.82) is 0 Å². The molecule has 0 bridgehead atoms. The van der Waals surface area contributed by atoms with Gasteiger partial charge >= 0.3 is 0 Å². The van der Waals surface area contributed by atoms with Crippen LogP contribution in [0.2, 0.25) is 0 Å². The van der Waals surface area contributed by atoms with Crippen LogP contribution < -0.4 is 0 Å². The molecule has 1 aliphatic rings. The van der Waals surface area contributed by atoms with Crippen molar-refractivity contribution in [2.45, 2.75) is 6.42 Å². The summed E-state index contributed by atoms with van der Waals surface area (Å²) in [5, 5.41) is 0. The van der Waals surface area contributed by atoms with E-state index in [0.717, 1.165) is 0 Å². The van der Waals surface area contributed by atoms with E-state index in [2.05, 4.69) is 13.2 Å². The van der Waals surface area contributed by atoms with Crippen LogP contribution in [0, 0.1) is 5.92 Å². The van der Waals surface area contributed by atoms with Crippen LogP contribution in [0.3, 0.4) is 0 Å². The van der Waals surface area contributed by atoms with Crippen molar-refractivity contribution in [2.24, 2.45) is 5.92 Å². The number of likely N-dealkylation sites (tertiary alicyclic amines) is 1. The molecule has 0 aromatic heterocycles. The molecular formula is C10H13NO2. The number of carbonyl (C=O) groups excluding carboxylic acids is 2. The minimum absolute atomic E-state index is 0.190. The Hall–Kier alpha value is -1.38. The third kappa shape index (κ3) is 1.86. The molecule has 13 heavy (non-hydrogen) atoms. The molecule has 70 valence electrons. The summed E-state index contributed by atoms with van der Waals surface area (Å²) in [6.45, 7) is 8.05. The first-order valence-corrected chi connectivity index (χ1v) is 4.25. The average Bonchev–Trinajstić information content (AvgIpc) is 2.36. The third-order valence-electron chi connectivity index (χ3n) is 2.11. The number of amides is 1. The second-order valence-electron chi connectivity index (χ2n) is 3.08. The number of carbonyl (C=O) groups is 2. The Morgan fingerprint density at radius 2 is 2.08 bits per heavy atom. The van der Waals surface area contributed by atoms with Crippen LogP contribution in [-0.4, -0.2) is 29.7 Å². The van der Waals surface area contributed by atoms with Crippen LogP contribution in [-0.2, 0) is 9.59 Å². The van der Waals surface area contributed by atoms with E-state index in [0.29, 0.717) is 19.5 Å². The van der Waals surface area contributed by atoms with Crippen molar-refractivity contribution in [3.8, 4) is 0 Å². The zero-order chi connectivity index (χ0) is 9.84. The smallest absolute Gasteiger partial charge is 0.290 e. The molecule has 1 amide bonds. The first kappa shape index (κ1) is 9.71. The lowest BCUT2D eigenvalue weighted by Crippen LogP contribution is -2.27. The van der Waals surface area contributed by atoms with Crippen molar-refractivity contribution in [3.05, 3.63) is 25.3 Å². The van der Waals surface area contributed by atoms with Gasteiger partial charge in [0.25, 0.3) is 5.91 Å². The highest BCUT2D eigenvalue weighted by Gasteiger charge is 2.36. The van der Waals surface area contributed by atoms with Crippen LogP contribution in [0.1, 0.15) is 6.42 Å². The van der Waals surface area contributed by atoms with E-state index >= 15 is 0 Å². The van der Waals surface area contributed by atoms with Gasteiger partial charge in [0.15, 0.2) is 0 Å². The van der Waals surface area contributed by atoms with Gasteiger partial charge in [-0.25, -0.2) is 0 Å². The largest absolute Gasteiger partial charge is 0.332 e. The van der Waals surface area contributed by atoms with E-state index in [-0.39, 0.29) is 17.6 Å². The van der Waals surface area contributed by atoms with Gasteiger partial charge in [-0.3, -0.25) is 9.59 Å². The van der Waals surface area contributed by atoms with Crippen molar-refractivity contribution in [1.82, 2.24) is 4.90 Å². The predicted octanol–water partition coefficient (Wildman–Crippen LogP) is 0.776. The highest BCUT2D eigenvalue weighted by Crippen LogP contribution is 2.17. The van der Waals surface area contributed by atoms with E-state index < -0.39 is 0 Å². The summed E-state index contributed by atoms with van der Waals surface area (Å²) in [4.78, 5) is 24.1. The van der Waals surface area contributed by atoms with E-state index in [1.165, 1.54) is 4.90 Å². The first-order valence-electron chi connectivity index (χ1n) is 4.25. The summed E-state index contributed by atoms with van der Waals surface area (Å²) >= 11 is 0. The Balaban J connectivity index is 2.66. The first-order chi connectivity index (χ1) is 6.20. The van der Waals surface area contributed by atoms with E-state index in [4.69, 9.17) is 0 Å². The minimum atomic E-state index is -0.383. The second kappa shape index (κ2) is 4.03. The van der Waals surface area contributed by atoms with Crippen molar-refractivity contribution in [3.63, 3.8) is 0 Å². The monoisotopic (exact) mass is 179 g/mol. The fourth-order valence-electron chi connectivity index (χ4n) is 1.46. The Labute approximate surface area is 77.7 Å². The lowest BCUT2D eigenvalue weighted by molar-refractivity contribution is -0.140. The molecular weight excluding hydrogens is 166 g/mol. The highest BCUT2D eigenvalue weighted by molar-refractivity contribution is 6.38. The summed E-state index contributed by atoms with van der Waals surface area (Å²) in [5.41, 5.74) is 0. The maximum Gasteiger partial charge on any atom is 0.290 e. The number of rotatable bonds is 4. The van der Waals surface area contributed by atoms with Gasteiger partial charge in [0.2, 0.25) is 5.78 Å². The van der Waals surface area contributed by atoms with Gasteiger partial charge < -0.3 is 4.90 Å². The highest BCUT2D eigenvalue weighted by atomic mass is 16.2. The molecule has 0 radical (unpaired) electrons. The summed E-state index contributed by atoms with van der Waals surface area (Å²) in [6.07, 6.45) is 3.88. The Bertz CT molecular complexity index is 232. The molecule has 3 nitrogen and oxygen atoms in total. The van der Waals surface area contributed by atoms with Crippen LogP contribution in [0.25, 0.3) is 0 Å². The second-order valence-corrected chi connectivity index (χ2v) is 3.08.